The van der Waals surface area contributed by atoms with E-state index in [-0.39, 0.29) is 30.9 Å². The van der Waals surface area contributed by atoms with Gasteiger partial charge in [-0.2, -0.15) is 0 Å². The van der Waals surface area contributed by atoms with Crippen LogP contribution in [0.5, 0.6) is 0 Å². The van der Waals surface area contributed by atoms with E-state index in [0.29, 0.717) is 42.8 Å². The number of imide groups is 1. The Kier molecular flexibility index (Phi) is 8.69. The fourth-order valence-corrected chi connectivity index (χ4v) is 4.35. The van der Waals surface area contributed by atoms with Gasteiger partial charge < -0.3 is 10.6 Å². The molecule has 3 rings (SSSR count). The zero-order valence-electron chi connectivity index (χ0n) is 18.0. The summed E-state index contributed by atoms with van der Waals surface area (Å²) in [5.41, 5.74) is 0.602. The van der Waals surface area contributed by atoms with Crippen LogP contribution < -0.4 is 16.0 Å². The lowest BCUT2D eigenvalue weighted by Gasteiger charge is -2.34. The van der Waals surface area contributed by atoms with Crippen molar-refractivity contribution in [2.75, 3.05) is 44.6 Å². The van der Waals surface area contributed by atoms with Gasteiger partial charge in [0.25, 0.3) is 0 Å². The van der Waals surface area contributed by atoms with Gasteiger partial charge in [0, 0.05) is 32.2 Å². The van der Waals surface area contributed by atoms with Gasteiger partial charge in [-0.05, 0) is 30.9 Å². The van der Waals surface area contributed by atoms with E-state index in [1.54, 1.807) is 12.1 Å². The summed E-state index contributed by atoms with van der Waals surface area (Å²) in [7, 11) is 0. The predicted octanol–water partition coefficient (Wildman–Crippen LogP) is 2.30. The molecular weight excluding hydrogens is 418 g/mol. The summed E-state index contributed by atoms with van der Waals surface area (Å²) in [4.78, 5) is 40.7. The second-order valence-electron chi connectivity index (χ2n) is 8.47. The molecule has 1 aromatic rings. The third-order valence-electron chi connectivity index (χ3n) is 6.03. The topological polar surface area (TPSA) is 93.8 Å². The summed E-state index contributed by atoms with van der Waals surface area (Å²) < 4.78 is 0. The molecule has 3 N–H and O–H groups in total. The third-order valence-corrected chi connectivity index (χ3v) is 6.36. The average molecular weight is 450 g/mol. The van der Waals surface area contributed by atoms with Crippen LogP contribution in [-0.2, 0) is 9.59 Å². The van der Waals surface area contributed by atoms with Crippen molar-refractivity contribution in [1.29, 1.82) is 0 Å². The minimum atomic E-state index is -0.404. The highest BCUT2D eigenvalue weighted by Crippen LogP contribution is 2.23. The number of carbonyl (C=O) groups excluding carboxylic acids is 3. The van der Waals surface area contributed by atoms with Crippen LogP contribution in [0.3, 0.4) is 0 Å². The molecule has 8 nitrogen and oxygen atoms in total. The highest BCUT2D eigenvalue weighted by Gasteiger charge is 2.25. The predicted molar refractivity (Wildman–Crippen MR) is 121 cm³/mol. The zero-order chi connectivity index (χ0) is 22.2. The number of benzene rings is 1. The molecule has 170 valence electrons. The van der Waals surface area contributed by atoms with Crippen LogP contribution in [-0.4, -0.2) is 73.0 Å². The number of anilines is 1. The second-order valence-corrected chi connectivity index (χ2v) is 8.88. The lowest BCUT2D eigenvalue weighted by molar-refractivity contribution is -0.122. The number of hydrogen-bond donors (Lipinski definition) is 3. The Morgan fingerprint density at radius 3 is 2.23 bits per heavy atom. The van der Waals surface area contributed by atoms with Crippen LogP contribution in [0.2, 0.25) is 5.02 Å². The Hall–Kier alpha value is -2.16. The van der Waals surface area contributed by atoms with E-state index in [1.807, 2.05) is 21.9 Å². The van der Waals surface area contributed by atoms with E-state index in [2.05, 4.69) is 22.9 Å². The summed E-state index contributed by atoms with van der Waals surface area (Å²) in [5.74, 6) is 0.0246. The molecule has 1 aliphatic carbocycles. The molecule has 31 heavy (non-hydrogen) atoms. The van der Waals surface area contributed by atoms with Crippen molar-refractivity contribution in [2.45, 2.75) is 38.6 Å². The van der Waals surface area contributed by atoms with Crippen molar-refractivity contribution in [2.24, 2.45) is 5.92 Å². The maximum absolute atomic E-state index is 12.3. The molecule has 1 heterocycles. The van der Waals surface area contributed by atoms with Crippen LogP contribution in [0.4, 0.5) is 10.5 Å². The van der Waals surface area contributed by atoms with Crippen LogP contribution in [0, 0.1) is 5.92 Å². The number of hydrogen-bond acceptors (Lipinski definition) is 5. The Morgan fingerprint density at radius 1 is 0.968 bits per heavy atom. The lowest BCUT2D eigenvalue weighted by Crippen LogP contribution is -2.53. The third kappa shape index (κ3) is 7.48. The van der Waals surface area contributed by atoms with Crippen LogP contribution >= 0.6 is 11.6 Å². The number of carbonyl (C=O) groups is 3. The number of rotatable bonds is 6. The molecule has 2 aliphatic rings. The molecule has 0 radical (unpaired) electrons. The van der Waals surface area contributed by atoms with E-state index in [4.69, 9.17) is 11.6 Å². The summed E-state index contributed by atoms with van der Waals surface area (Å²) >= 11 is 6.07. The lowest BCUT2D eigenvalue weighted by atomic mass is 9.86. The van der Waals surface area contributed by atoms with Gasteiger partial charge in [0.2, 0.25) is 11.8 Å². The van der Waals surface area contributed by atoms with E-state index in [0.717, 1.165) is 19.3 Å². The number of piperazine rings is 1. The first-order chi connectivity index (χ1) is 14.9. The van der Waals surface area contributed by atoms with Crippen molar-refractivity contribution >= 4 is 35.1 Å². The van der Waals surface area contributed by atoms with Crippen molar-refractivity contribution in [3.63, 3.8) is 0 Å². The summed E-state index contributed by atoms with van der Waals surface area (Å²) in [6.45, 7) is 5.26. The van der Waals surface area contributed by atoms with Gasteiger partial charge in [-0.1, -0.05) is 43.5 Å². The molecule has 9 heteroatoms. The maximum atomic E-state index is 12.3. The molecule has 0 bridgehead atoms. The van der Waals surface area contributed by atoms with E-state index < -0.39 is 6.03 Å². The molecule has 1 saturated heterocycles. The van der Waals surface area contributed by atoms with Crippen LogP contribution in [0.15, 0.2) is 24.3 Å². The van der Waals surface area contributed by atoms with Crippen molar-refractivity contribution in [1.82, 2.24) is 20.4 Å². The van der Waals surface area contributed by atoms with Gasteiger partial charge in [0.15, 0.2) is 0 Å². The fraction of sp³-hybridized carbons (Fsp3) is 0.591. The van der Waals surface area contributed by atoms with Gasteiger partial charge in [0.05, 0.1) is 23.8 Å². The van der Waals surface area contributed by atoms with Gasteiger partial charge in [-0.3, -0.25) is 24.7 Å². The quantitative estimate of drug-likeness (QED) is 0.619. The normalized spacial score (nSPS) is 22.5. The molecule has 1 aromatic carbocycles. The molecule has 1 aliphatic heterocycles. The first kappa shape index (κ1) is 23.5. The van der Waals surface area contributed by atoms with Gasteiger partial charge in [0.1, 0.15) is 0 Å². The van der Waals surface area contributed by atoms with Crippen LogP contribution in [0.25, 0.3) is 0 Å². The zero-order valence-corrected chi connectivity index (χ0v) is 18.8. The maximum Gasteiger partial charge on any atom is 0.321 e. The fourth-order valence-electron chi connectivity index (χ4n) is 4.17. The largest absolute Gasteiger partial charge is 0.335 e. The van der Waals surface area contributed by atoms with Crippen LogP contribution in [0.1, 0.15) is 32.6 Å². The highest BCUT2D eigenvalue weighted by atomic mass is 35.5. The van der Waals surface area contributed by atoms with Gasteiger partial charge in [-0.25, -0.2) is 4.79 Å². The van der Waals surface area contributed by atoms with Crippen molar-refractivity contribution in [3.05, 3.63) is 29.3 Å². The molecule has 2 atom stereocenters. The Labute approximate surface area is 188 Å². The van der Waals surface area contributed by atoms with Gasteiger partial charge >= 0.3 is 6.03 Å². The summed E-state index contributed by atoms with van der Waals surface area (Å²) in [5, 5.41) is 8.72. The Balaban J connectivity index is 1.34. The number of urea groups is 1. The SMILES string of the molecule is C[C@H]1CCCC[C@@H]1NC(=O)NC(=O)CN1CCN(CC(=O)Nc2ccccc2Cl)CC1. The Morgan fingerprint density at radius 2 is 1.58 bits per heavy atom. The number of para-hydroxylation sites is 1. The number of nitrogens with one attached hydrogen (secondary N) is 3. The minimum absolute atomic E-state index is 0.118. The standard InChI is InChI=1S/C22H32ClN5O3/c1-16-6-2-4-8-18(16)25-22(31)26-21(30)15-28-12-10-27(11-13-28)14-20(29)24-19-9-5-3-7-17(19)23/h3,5,7,9,16,18H,2,4,6,8,10-15H2,1H3,(H,24,29)(H2,25,26,30,31)/t16-,18-/m0/s1. The van der Waals surface area contributed by atoms with Crippen molar-refractivity contribution in [3.8, 4) is 0 Å². The number of halogens is 1. The molecule has 2 fully saturated rings. The monoisotopic (exact) mass is 449 g/mol. The van der Waals surface area contributed by atoms with Crippen molar-refractivity contribution < 1.29 is 14.4 Å². The van der Waals surface area contributed by atoms with E-state index >= 15 is 0 Å². The Bertz CT molecular complexity index is 782. The molecule has 1 saturated carbocycles. The molecular formula is C22H32ClN5O3. The number of nitrogens with zero attached hydrogens (tertiary/aromatic N) is 2. The van der Waals surface area contributed by atoms with E-state index in [9.17, 15) is 14.4 Å². The second kappa shape index (κ2) is 11.5. The molecule has 4 amide bonds. The highest BCUT2D eigenvalue weighted by molar-refractivity contribution is 6.33. The number of amides is 4. The van der Waals surface area contributed by atoms with Gasteiger partial charge in [-0.15, -0.1) is 0 Å². The summed E-state index contributed by atoms with van der Waals surface area (Å²) in [6.07, 6.45) is 4.39. The summed E-state index contributed by atoms with van der Waals surface area (Å²) in [6, 6.07) is 6.87. The first-order valence-corrected chi connectivity index (χ1v) is 11.4. The van der Waals surface area contributed by atoms with E-state index in [1.165, 1.54) is 6.42 Å². The first-order valence-electron chi connectivity index (χ1n) is 11.0. The molecule has 0 unspecified atom stereocenters. The smallest absolute Gasteiger partial charge is 0.321 e. The molecule has 0 spiro atoms. The molecule has 0 aromatic heterocycles. The average Bonchev–Trinajstić information content (AvgIpc) is 2.73. The minimum Gasteiger partial charge on any atom is -0.335 e.